The Labute approximate surface area is 106 Å². The quantitative estimate of drug-likeness (QED) is 0.611. The van der Waals surface area contributed by atoms with Crippen LogP contribution in [-0.4, -0.2) is 43.5 Å². The van der Waals surface area contributed by atoms with E-state index in [1.165, 1.54) is 32.4 Å². The molecule has 1 saturated heterocycles. The van der Waals surface area contributed by atoms with Crippen LogP contribution in [0.25, 0.3) is 0 Å². The van der Waals surface area contributed by atoms with Gasteiger partial charge in [-0.3, -0.25) is 4.79 Å². The van der Waals surface area contributed by atoms with Crippen LogP contribution < -0.4 is 0 Å². The molecule has 1 aliphatic heterocycles. The zero-order chi connectivity index (χ0) is 12.5. The Balaban J connectivity index is 1.95. The molecule has 100 valence electrons. The van der Waals surface area contributed by atoms with Crippen LogP contribution in [0.5, 0.6) is 0 Å². The minimum Gasteiger partial charge on any atom is -0.380 e. The van der Waals surface area contributed by atoms with Crippen molar-refractivity contribution in [1.29, 1.82) is 0 Å². The number of hydrogen-bond acceptors (Lipinski definition) is 3. The summed E-state index contributed by atoms with van der Waals surface area (Å²) in [6.45, 7) is 9.02. The van der Waals surface area contributed by atoms with Crippen LogP contribution in [0.4, 0.5) is 0 Å². The molecular formula is C14H27NO2. The second-order valence-corrected chi connectivity index (χ2v) is 4.95. The number of Topliss-reactive ketones (excluding diaryl/α,β-unsaturated/α-hetero) is 1. The first-order valence-corrected chi connectivity index (χ1v) is 7.08. The second-order valence-electron chi connectivity index (χ2n) is 4.95. The molecule has 0 saturated carbocycles. The monoisotopic (exact) mass is 241 g/mol. The number of likely N-dealkylation sites (tertiary alicyclic amines) is 1. The standard InChI is InChI=1S/C14H27NO2/c1-3-13-5-8-15(9-6-13)10-12-17-11-7-14(16)4-2/h13H,3-12H2,1-2H3. The van der Waals surface area contributed by atoms with Crippen LogP contribution in [0.1, 0.15) is 46.0 Å². The van der Waals surface area contributed by atoms with Crippen LogP contribution in [-0.2, 0) is 9.53 Å². The van der Waals surface area contributed by atoms with E-state index in [4.69, 9.17) is 4.74 Å². The van der Waals surface area contributed by atoms with E-state index >= 15 is 0 Å². The van der Waals surface area contributed by atoms with Crippen molar-refractivity contribution in [2.24, 2.45) is 5.92 Å². The summed E-state index contributed by atoms with van der Waals surface area (Å²) in [5, 5.41) is 0. The number of carbonyl (C=O) groups is 1. The molecule has 0 aromatic heterocycles. The Morgan fingerprint density at radius 2 is 1.94 bits per heavy atom. The highest BCUT2D eigenvalue weighted by Crippen LogP contribution is 2.19. The normalized spacial score (nSPS) is 18.5. The minimum atomic E-state index is 0.300. The van der Waals surface area contributed by atoms with Gasteiger partial charge in [0.1, 0.15) is 5.78 Å². The maximum Gasteiger partial charge on any atom is 0.134 e. The Bertz CT molecular complexity index is 210. The maximum atomic E-state index is 11.1. The van der Waals surface area contributed by atoms with E-state index in [0.29, 0.717) is 25.2 Å². The van der Waals surface area contributed by atoms with Gasteiger partial charge in [-0.15, -0.1) is 0 Å². The number of nitrogens with zero attached hydrogens (tertiary/aromatic N) is 1. The molecule has 1 fully saturated rings. The van der Waals surface area contributed by atoms with Gasteiger partial charge in [-0.05, 0) is 31.8 Å². The highest BCUT2D eigenvalue weighted by atomic mass is 16.5. The molecule has 0 aliphatic carbocycles. The van der Waals surface area contributed by atoms with Gasteiger partial charge < -0.3 is 9.64 Å². The number of ketones is 1. The molecular weight excluding hydrogens is 214 g/mol. The van der Waals surface area contributed by atoms with E-state index in [1.54, 1.807) is 0 Å². The Morgan fingerprint density at radius 3 is 2.53 bits per heavy atom. The fraction of sp³-hybridized carbons (Fsp3) is 0.929. The summed E-state index contributed by atoms with van der Waals surface area (Å²) in [6, 6.07) is 0. The van der Waals surface area contributed by atoms with Crippen molar-refractivity contribution in [3.63, 3.8) is 0 Å². The molecule has 0 unspecified atom stereocenters. The topological polar surface area (TPSA) is 29.5 Å². The lowest BCUT2D eigenvalue weighted by atomic mass is 9.94. The van der Waals surface area contributed by atoms with Gasteiger partial charge in [-0.25, -0.2) is 0 Å². The molecule has 0 N–H and O–H groups in total. The van der Waals surface area contributed by atoms with Gasteiger partial charge in [-0.1, -0.05) is 20.3 Å². The zero-order valence-corrected chi connectivity index (χ0v) is 11.4. The van der Waals surface area contributed by atoms with Crippen molar-refractivity contribution in [1.82, 2.24) is 4.90 Å². The third-order valence-electron chi connectivity index (χ3n) is 3.76. The van der Waals surface area contributed by atoms with Gasteiger partial charge in [0.05, 0.1) is 13.2 Å². The molecule has 0 amide bonds. The molecule has 0 radical (unpaired) electrons. The van der Waals surface area contributed by atoms with Gasteiger partial charge in [-0.2, -0.15) is 0 Å². The van der Waals surface area contributed by atoms with E-state index in [2.05, 4.69) is 11.8 Å². The van der Waals surface area contributed by atoms with Gasteiger partial charge in [0.25, 0.3) is 0 Å². The highest BCUT2D eigenvalue weighted by molar-refractivity contribution is 5.78. The van der Waals surface area contributed by atoms with Crippen LogP contribution in [0.3, 0.4) is 0 Å². The third kappa shape index (κ3) is 6.18. The summed E-state index contributed by atoms with van der Waals surface area (Å²) in [5.41, 5.74) is 0. The molecule has 0 aromatic carbocycles. The van der Waals surface area contributed by atoms with E-state index in [1.807, 2.05) is 6.92 Å². The first kappa shape index (κ1) is 14.7. The van der Waals surface area contributed by atoms with E-state index in [9.17, 15) is 4.79 Å². The van der Waals surface area contributed by atoms with Crippen molar-refractivity contribution in [2.45, 2.75) is 46.0 Å². The number of rotatable bonds is 8. The van der Waals surface area contributed by atoms with Crippen molar-refractivity contribution in [3.8, 4) is 0 Å². The smallest absolute Gasteiger partial charge is 0.134 e. The lowest BCUT2D eigenvalue weighted by Crippen LogP contribution is -2.35. The number of hydrogen-bond donors (Lipinski definition) is 0. The Hall–Kier alpha value is -0.410. The van der Waals surface area contributed by atoms with Gasteiger partial charge in [0.2, 0.25) is 0 Å². The fourth-order valence-corrected chi connectivity index (χ4v) is 2.28. The van der Waals surface area contributed by atoms with Crippen LogP contribution >= 0.6 is 0 Å². The lowest BCUT2D eigenvalue weighted by molar-refractivity contribution is -0.119. The summed E-state index contributed by atoms with van der Waals surface area (Å²) < 4.78 is 5.50. The third-order valence-corrected chi connectivity index (χ3v) is 3.76. The van der Waals surface area contributed by atoms with Crippen LogP contribution in [0.15, 0.2) is 0 Å². The maximum absolute atomic E-state index is 11.1. The van der Waals surface area contributed by atoms with Crippen LogP contribution in [0.2, 0.25) is 0 Å². The van der Waals surface area contributed by atoms with E-state index in [0.717, 1.165) is 19.1 Å². The number of piperidine rings is 1. The second kappa shape index (κ2) is 8.65. The summed E-state index contributed by atoms with van der Waals surface area (Å²) >= 11 is 0. The average Bonchev–Trinajstić information content (AvgIpc) is 2.38. The first-order chi connectivity index (χ1) is 8.26. The number of ether oxygens (including phenoxy) is 1. The molecule has 0 spiro atoms. The molecule has 1 aliphatic rings. The average molecular weight is 241 g/mol. The molecule has 1 rings (SSSR count). The van der Waals surface area contributed by atoms with Gasteiger partial charge in [0, 0.05) is 19.4 Å². The summed E-state index contributed by atoms with van der Waals surface area (Å²) in [7, 11) is 0. The lowest BCUT2D eigenvalue weighted by Gasteiger charge is -2.31. The summed E-state index contributed by atoms with van der Waals surface area (Å²) in [6.07, 6.45) is 5.21. The largest absolute Gasteiger partial charge is 0.380 e. The van der Waals surface area contributed by atoms with Crippen LogP contribution in [0, 0.1) is 5.92 Å². The van der Waals surface area contributed by atoms with Crippen molar-refractivity contribution in [2.75, 3.05) is 32.8 Å². The molecule has 17 heavy (non-hydrogen) atoms. The number of carbonyl (C=O) groups excluding carboxylic acids is 1. The molecule has 0 aromatic rings. The molecule has 0 atom stereocenters. The highest BCUT2D eigenvalue weighted by Gasteiger charge is 2.16. The van der Waals surface area contributed by atoms with E-state index < -0.39 is 0 Å². The molecule has 0 bridgehead atoms. The van der Waals surface area contributed by atoms with Crippen molar-refractivity contribution in [3.05, 3.63) is 0 Å². The molecule has 1 heterocycles. The van der Waals surface area contributed by atoms with Gasteiger partial charge in [0.15, 0.2) is 0 Å². The predicted molar refractivity (Wildman–Crippen MR) is 70.2 cm³/mol. The Kier molecular flexibility index (Phi) is 7.45. The van der Waals surface area contributed by atoms with Gasteiger partial charge >= 0.3 is 0 Å². The van der Waals surface area contributed by atoms with Crippen molar-refractivity contribution >= 4 is 5.78 Å². The molecule has 3 heteroatoms. The molecule has 3 nitrogen and oxygen atoms in total. The SMILES string of the molecule is CCC(=O)CCOCCN1CCC(CC)CC1. The minimum absolute atomic E-state index is 0.300. The first-order valence-electron chi connectivity index (χ1n) is 7.08. The summed E-state index contributed by atoms with van der Waals surface area (Å²) in [4.78, 5) is 13.5. The van der Waals surface area contributed by atoms with E-state index in [-0.39, 0.29) is 0 Å². The summed E-state index contributed by atoms with van der Waals surface area (Å²) in [5.74, 6) is 1.24. The Morgan fingerprint density at radius 1 is 1.24 bits per heavy atom. The zero-order valence-electron chi connectivity index (χ0n) is 11.4. The van der Waals surface area contributed by atoms with Crippen molar-refractivity contribution < 1.29 is 9.53 Å². The fourth-order valence-electron chi connectivity index (χ4n) is 2.28. The predicted octanol–water partition coefficient (Wildman–Crippen LogP) is 2.49.